The van der Waals surface area contributed by atoms with Crippen molar-refractivity contribution in [3.63, 3.8) is 0 Å². The van der Waals surface area contributed by atoms with Gasteiger partial charge < -0.3 is 9.72 Å². The third kappa shape index (κ3) is 2.81. The number of aromatic nitrogens is 2. The van der Waals surface area contributed by atoms with Gasteiger partial charge >= 0.3 is 0 Å². The predicted octanol–water partition coefficient (Wildman–Crippen LogP) is 3.25. The second-order valence-electron chi connectivity index (χ2n) is 6.53. The average Bonchev–Trinajstić information content (AvgIpc) is 3.10. The monoisotopic (exact) mass is 297 g/mol. The van der Waals surface area contributed by atoms with Gasteiger partial charge in [-0.25, -0.2) is 4.98 Å². The van der Waals surface area contributed by atoms with E-state index in [9.17, 15) is 0 Å². The van der Waals surface area contributed by atoms with Crippen LogP contribution in [0.5, 0.6) is 0 Å². The number of imidazole rings is 1. The zero-order chi connectivity index (χ0) is 14.9. The Balaban J connectivity index is 1.49. The molecule has 1 aliphatic heterocycles. The highest BCUT2D eigenvalue weighted by Gasteiger charge is 2.34. The molecule has 1 aliphatic carbocycles. The molecule has 1 N–H and O–H groups in total. The highest BCUT2D eigenvalue weighted by molar-refractivity contribution is 5.28. The molecule has 1 saturated heterocycles. The molecule has 116 valence electrons. The first-order chi connectivity index (χ1) is 10.8. The van der Waals surface area contributed by atoms with Crippen molar-refractivity contribution in [1.82, 2.24) is 14.9 Å². The quantitative estimate of drug-likeness (QED) is 0.921. The number of likely N-dealkylation sites (tertiary alicyclic amines) is 1. The second kappa shape index (κ2) is 5.86. The van der Waals surface area contributed by atoms with Crippen LogP contribution in [0.1, 0.15) is 48.2 Å². The van der Waals surface area contributed by atoms with Gasteiger partial charge in [-0.3, -0.25) is 4.90 Å². The lowest BCUT2D eigenvalue weighted by atomic mass is 10.1. The lowest BCUT2D eigenvalue weighted by molar-refractivity contribution is 0.107. The number of hydrogen-bond donors (Lipinski definition) is 1. The van der Waals surface area contributed by atoms with Crippen molar-refractivity contribution in [2.24, 2.45) is 0 Å². The molecule has 1 aromatic carbocycles. The number of benzene rings is 1. The first-order valence-electron chi connectivity index (χ1n) is 8.18. The molecule has 1 aromatic heterocycles. The summed E-state index contributed by atoms with van der Waals surface area (Å²) in [7, 11) is 1.80. The van der Waals surface area contributed by atoms with Gasteiger partial charge in [0.25, 0.3) is 0 Å². The first kappa shape index (κ1) is 14.0. The SMILES string of the molecule is CO[C@@H]1CC(c2ncc[nH]2)N(Cc2ccc(C3CC3)cc2)C1. The molecule has 0 spiro atoms. The zero-order valence-electron chi connectivity index (χ0n) is 13.0. The van der Waals surface area contributed by atoms with E-state index >= 15 is 0 Å². The molecule has 4 rings (SSSR count). The van der Waals surface area contributed by atoms with Crippen molar-refractivity contribution in [2.45, 2.75) is 43.9 Å². The molecule has 4 nitrogen and oxygen atoms in total. The van der Waals surface area contributed by atoms with Crippen LogP contribution in [0.3, 0.4) is 0 Å². The van der Waals surface area contributed by atoms with E-state index in [1.54, 1.807) is 7.11 Å². The Morgan fingerprint density at radius 2 is 2.09 bits per heavy atom. The highest BCUT2D eigenvalue weighted by Crippen LogP contribution is 2.40. The Bertz CT molecular complexity index is 604. The Labute approximate surface area is 131 Å². The van der Waals surface area contributed by atoms with Crippen LogP contribution < -0.4 is 0 Å². The number of H-pyrrole nitrogens is 1. The van der Waals surface area contributed by atoms with Crippen molar-refractivity contribution in [3.05, 3.63) is 53.6 Å². The summed E-state index contributed by atoms with van der Waals surface area (Å²) in [5, 5.41) is 0. The van der Waals surface area contributed by atoms with Crippen molar-refractivity contribution in [2.75, 3.05) is 13.7 Å². The first-order valence-corrected chi connectivity index (χ1v) is 8.18. The van der Waals surface area contributed by atoms with Crippen LogP contribution in [0.4, 0.5) is 0 Å². The summed E-state index contributed by atoms with van der Waals surface area (Å²) in [6.45, 7) is 1.92. The Hall–Kier alpha value is -1.65. The summed E-state index contributed by atoms with van der Waals surface area (Å²) >= 11 is 0. The molecule has 2 aliphatic rings. The van der Waals surface area contributed by atoms with Crippen LogP contribution in [0.2, 0.25) is 0 Å². The van der Waals surface area contributed by atoms with Crippen molar-refractivity contribution >= 4 is 0 Å². The van der Waals surface area contributed by atoms with Gasteiger partial charge in [0.2, 0.25) is 0 Å². The molecule has 22 heavy (non-hydrogen) atoms. The highest BCUT2D eigenvalue weighted by atomic mass is 16.5. The summed E-state index contributed by atoms with van der Waals surface area (Å²) < 4.78 is 5.58. The van der Waals surface area contributed by atoms with Gasteiger partial charge in [-0.2, -0.15) is 0 Å². The van der Waals surface area contributed by atoms with Crippen LogP contribution in [0, 0.1) is 0 Å². The van der Waals surface area contributed by atoms with E-state index in [-0.39, 0.29) is 0 Å². The van der Waals surface area contributed by atoms with E-state index in [1.807, 2.05) is 12.4 Å². The number of nitrogens with zero attached hydrogens (tertiary/aromatic N) is 2. The summed E-state index contributed by atoms with van der Waals surface area (Å²) in [5.74, 6) is 1.88. The third-order valence-corrected chi connectivity index (χ3v) is 4.95. The molecule has 0 radical (unpaired) electrons. The molecule has 1 unspecified atom stereocenters. The lowest BCUT2D eigenvalue weighted by Crippen LogP contribution is -2.25. The van der Waals surface area contributed by atoms with Crippen molar-refractivity contribution in [3.8, 4) is 0 Å². The van der Waals surface area contributed by atoms with E-state index in [0.29, 0.717) is 12.1 Å². The number of aromatic amines is 1. The number of ether oxygens (including phenoxy) is 1. The summed E-state index contributed by atoms with van der Waals surface area (Å²) in [6.07, 6.45) is 7.75. The topological polar surface area (TPSA) is 41.1 Å². The third-order valence-electron chi connectivity index (χ3n) is 4.95. The van der Waals surface area contributed by atoms with Gasteiger partial charge in [-0.05, 0) is 36.3 Å². The van der Waals surface area contributed by atoms with Crippen LogP contribution in [-0.4, -0.2) is 34.6 Å². The van der Waals surface area contributed by atoms with E-state index in [0.717, 1.165) is 31.3 Å². The maximum atomic E-state index is 5.58. The fourth-order valence-electron chi connectivity index (χ4n) is 3.50. The summed E-state index contributed by atoms with van der Waals surface area (Å²) in [6, 6.07) is 9.50. The molecule has 0 amide bonds. The van der Waals surface area contributed by atoms with E-state index in [1.165, 1.54) is 24.0 Å². The molecular weight excluding hydrogens is 274 g/mol. The van der Waals surface area contributed by atoms with Gasteiger partial charge in [0.05, 0.1) is 12.1 Å². The summed E-state index contributed by atoms with van der Waals surface area (Å²) in [5.41, 5.74) is 2.88. The molecule has 2 fully saturated rings. The minimum atomic E-state index is 0.292. The zero-order valence-corrected chi connectivity index (χ0v) is 13.0. The minimum absolute atomic E-state index is 0.292. The van der Waals surface area contributed by atoms with Crippen LogP contribution in [-0.2, 0) is 11.3 Å². The van der Waals surface area contributed by atoms with Gasteiger partial charge in [-0.15, -0.1) is 0 Å². The molecule has 0 bridgehead atoms. The normalized spacial score (nSPS) is 25.7. The fourth-order valence-corrected chi connectivity index (χ4v) is 3.50. The number of methoxy groups -OCH3 is 1. The molecule has 2 aromatic rings. The number of nitrogens with one attached hydrogen (secondary N) is 1. The Morgan fingerprint density at radius 3 is 2.73 bits per heavy atom. The molecule has 1 saturated carbocycles. The predicted molar refractivity (Wildman–Crippen MR) is 85.6 cm³/mol. The Morgan fingerprint density at radius 1 is 1.27 bits per heavy atom. The number of hydrogen-bond acceptors (Lipinski definition) is 3. The maximum absolute atomic E-state index is 5.58. The minimum Gasteiger partial charge on any atom is -0.380 e. The smallest absolute Gasteiger partial charge is 0.123 e. The van der Waals surface area contributed by atoms with Crippen LogP contribution in [0.25, 0.3) is 0 Å². The fraction of sp³-hybridized carbons (Fsp3) is 0.500. The molecule has 2 heterocycles. The van der Waals surface area contributed by atoms with Crippen LogP contribution >= 0.6 is 0 Å². The van der Waals surface area contributed by atoms with E-state index in [2.05, 4.69) is 39.1 Å². The largest absolute Gasteiger partial charge is 0.380 e. The van der Waals surface area contributed by atoms with E-state index < -0.39 is 0 Å². The Kier molecular flexibility index (Phi) is 3.72. The molecule has 4 heteroatoms. The average molecular weight is 297 g/mol. The summed E-state index contributed by atoms with van der Waals surface area (Å²) in [4.78, 5) is 10.2. The molecule has 2 atom stereocenters. The second-order valence-corrected chi connectivity index (χ2v) is 6.53. The van der Waals surface area contributed by atoms with Crippen molar-refractivity contribution in [1.29, 1.82) is 0 Å². The number of rotatable bonds is 5. The van der Waals surface area contributed by atoms with Gasteiger partial charge in [0.15, 0.2) is 0 Å². The van der Waals surface area contributed by atoms with Gasteiger partial charge in [0, 0.05) is 32.6 Å². The molecular formula is C18H23N3O. The van der Waals surface area contributed by atoms with Gasteiger partial charge in [0.1, 0.15) is 5.82 Å². The van der Waals surface area contributed by atoms with Gasteiger partial charge in [-0.1, -0.05) is 24.3 Å². The maximum Gasteiger partial charge on any atom is 0.123 e. The van der Waals surface area contributed by atoms with Crippen molar-refractivity contribution < 1.29 is 4.74 Å². The standard InChI is InChI=1S/C18H23N3O/c1-22-16-10-17(18-19-8-9-20-18)21(12-16)11-13-2-4-14(5-3-13)15-6-7-15/h2-5,8-9,15-17H,6-7,10-12H2,1H3,(H,19,20)/t16-,17?/m1/s1. The van der Waals surface area contributed by atoms with E-state index in [4.69, 9.17) is 4.74 Å². The van der Waals surface area contributed by atoms with Crippen LogP contribution in [0.15, 0.2) is 36.7 Å². The lowest BCUT2D eigenvalue weighted by Gasteiger charge is -2.22.